The Balaban J connectivity index is 1.16. The predicted octanol–water partition coefficient (Wildman–Crippen LogP) is 14.1. The van der Waals surface area contributed by atoms with Crippen molar-refractivity contribution in [1.29, 1.82) is 0 Å². The van der Waals surface area contributed by atoms with E-state index in [4.69, 9.17) is 0 Å². The normalized spacial score (nSPS) is 12.1. The zero-order valence-electron chi connectivity index (χ0n) is 29.4. The molecule has 0 saturated heterocycles. The van der Waals surface area contributed by atoms with Crippen LogP contribution >= 0.6 is 0 Å². The first-order valence-corrected chi connectivity index (χ1v) is 18.7. The van der Waals surface area contributed by atoms with E-state index < -0.39 is 0 Å². The largest absolute Gasteiger partial charge is 0.309 e. The van der Waals surface area contributed by atoms with Crippen LogP contribution in [0.5, 0.6) is 0 Å². The molecule has 0 atom stereocenters. The van der Waals surface area contributed by atoms with Crippen LogP contribution in [-0.4, -0.2) is 9.13 Å². The molecule has 0 aliphatic carbocycles. The minimum Gasteiger partial charge on any atom is -0.309 e. The molecule has 54 heavy (non-hydrogen) atoms. The van der Waals surface area contributed by atoms with Crippen LogP contribution < -0.4 is 0 Å². The predicted molar refractivity (Wildman–Crippen MR) is 230 cm³/mol. The van der Waals surface area contributed by atoms with Crippen molar-refractivity contribution in [1.82, 2.24) is 9.13 Å². The molecule has 2 nitrogen and oxygen atoms in total. The number of hydrogen-bond acceptors (Lipinski definition) is 0. The van der Waals surface area contributed by atoms with E-state index in [0.29, 0.717) is 0 Å². The fourth-order valence-corrected chi connectivity index (χ4v) is 9.28. The quantitative estimate of drug-likeness (QED) is 0.163. The van der Waals surface area contributed by atoms with Crippen LogP contribution in [-0.2, 0) is 0 Å². The van der Waals surface area contributed by atoms with Crippen molar-refractivity contribution < 1.29 is 0 Å². The molecule has 0 aliphatic heterocycles. The van der Waals surface area contributed by atoms with E-state index in [2.05, 4.69) is 203 Å². The van der Waals surface area contributed by atoms with Crippen LogP contribution in [0.3, 0.4) is 0 Å². The summed E-state index contributed by atoms with van der Waals surface area (Å²) in [7, 11) is 0. The Kier molecular flexibility index (Phi) is 6.09. The van der Waals surface area contributed by atoms with Crippen molar-refractivity contribution in [3.8, 4) is 33.6 Å². The van der Waals surface area contributed by atoms with E-state index in [-0.39, 0.29) is 0 Å². The maximum Gasteiger partial charge on any atom is 0.0548 e. The molecular formula is C52H32N2. The van der Waals surface area contributed by atoms with Crippen molar-refractivity contribution in [3.05, 3.63) is 194 Å². The van der Waals surface area contributed by atoms with Crippen molar-refractivity contribution in [3.63, 3.8) is 0 Å². The van der Waals surface area contributed by atoms with Gasteiger partial charge in [0.25, 0.3) is 0 Å². The van der Waals surface area contributed by atoms with Crippen LogP contribution in [0.25, 0.3) is 110 Å². The third kappa shape index (κ3) is 4.11. The highest BCUT2D eigenvalue weighted by Gasteiger charge is 2.20. The molecule has 0 bridgehead atoms. The molecule has 0 fully saturated rings. The number of nitrogens with zero attached hydrogens (tertiary/aromatic N) is 2. The summed E-state index contributed by atoms with van der Waals surface area (Å²) in [6, 6.07) is 71.5. The van der Waals surface area contributed by atoms with Crippen LogP contribution in [0.1, 0.15) is 0 Å². The average molecular weight is 685 g/mol. The van der Waals surface area contributed by atoms with E-state index in [9.17, 15) is 0 Å². The molecule has 0 aliphatic rings. The van der Waals surface area contributed by atoms with Gasteiger partial charge < -0.3 is 9.13 Å². The highest BCUT2D eigenvalue weighted by molar-refractivity contribution is 6.28. The lowest BCUT2D eigenvalue weighted by molar-refractivity contribution is 1.17. The molecule has 12 aromatic rings. The van der Waals surface area contributed by atoms with Gasteiger partial charge in [-0.2, -0.15) is 0 Å². The standard InChI is InChI=1S/C52H32N2/c1-4-12-33(13-5-1)39-25-20-34-23-28-43-40(26-21-35-22-27-42(39)51(34)52(35)43)36-24-29-48-44(30-36)46-32-49-45(31-50(46)54(48)38-16-8-3-9-17-38)41-18-10-11-19-47(41)53(49)37-14-6-2-7-15-37/h1-32H. The minimum atomic E-state index is 1.16. The van der Waals surface area contributed by atoms with Gasteiger partial charge in [-0.1, -0.05) is 140 Å². The van der Waals surface area contributed by atoms with Gasteiger partial charge in [0.15, 0.2) is 0 Å². The topological polar surface area (TPSA) is 9.86 Å². The molecule has 250 valence electrons. The van der Waals surface area contributed by atoms with Gasteiger partial charge in [0, 0.05) is 32.9 Å². The monoisotopic (exact) mass is 684 g/mol. The highest BCUT2D eigenvalue weighted by atomic mass is 15.0. The van der Waals surface area contributed by atoms with Crippen molar-refractivity contribution in [2.24, 2.45) is 0 Å². The summed E-state index contributed by atoms with van der Waals surface area (Å²) >= 11 is 0. The highest BCUT2D eigenvalue weighted by Crippen LogP contribution is 2.44. The van der Waals surface area contributed by atoms with Gasteiger partial charge in [-0.05, 0) is 109 Å². The Morgan fingerprint density at radius 3 is 1.33 bits per heavy atom. The molecule has 2 aromatic heterocycles. The molecule has 2 heteroatoms. The van der Waals surface area contributed by atoms with Gasteiger partial charge in [0.2, 0.25) is 0 Å². The number of benzene rings is 10. The summed E-state index contributed by atoms with van der Waals surface area (Å²) in [5.41, 5.74) is 12.2. The summed E-state index contributed by atoms with van der Waals surface area (Å²) < 4.78 is 4.86. The lowest BCUT2D eigenvalue weighted by Crippen LogP contribution is -1.94. The van der Waals surface area contributed by atoms with E-state index in [0.717, 1.165) is 5.69 Å². The lowest BCUT2D eigenvalue weighted by atomic mass is 9.87. The Bertz CT molecular complexity index is 3410. The first kappa shape index (κ1) is 29.4. The molecule has 0 radical (unpaired) electrons. The second kappa shape index (κ2) is 11.2. The summed E-state index contributed by atoms with van der Waals surface area (Å²) in [5.74, 6) is 0. The van der Waals surface area contributed by atoms with Gasteiger partial charge in [-0.15, -0.1) is 0 Å². The number of hydrogen-bond donors (Lipinski definition) is 0. The van der Waals surface area contributed by atoms with Crippen molar-refractivity contribution in [2.45, 2.75) is 0 Å². The van der Waals surface area contributed by atoms with Crippen molar-refractivity contribution >= 4 is 75.9 Å². The minimum absolute atomic E-state index is 1.16. The van der Waals surface area contributed by atoms with E-state index >= 15 is 0 Å². The van der Waals surface area contributed by atoms with Gasteiger partial charge in [0.1, 0.15) is 0 Å². The Morgan fingerprint density at radius 2 is 0.722 bits per heavy atom. The van der Waals surface area contributed by atoms with Gasteiger partial charge in [0.05, 0.1) is 22.1 Å². The Hall–Kier alpha value is -7.16. The summed E-state index contributed by atoms with van der Waals surface area (Å²) in [6.07, 6.45) is 0. The number of aromatic nitrogens is 2. The van der Waals surface area contributed by atoms with Gasteiger partial charge >= 0.3 is 0 Å². The average Bonchev–Trinajstić information content (AvgIpc) is 3.74. The molecular weight excluding hydrogens is 653 g/mol. The fourth-order valence-electron chi connectivity index (χ4n) is 9.28. The van der Waals surface area contributed by atoms with Crippen LogP contribution in [0.2, 0.25) is 0 Å². The second-order valence-electron chi connectivity index (χ2n) is 14.5. The zero-order valence-corrected chi connectivity index (χ0v) is 29.4. The van der Waals surface area contributed by atoms with E-state index in [1.165, 1.54) is 104 Å². The number of fused-ring (bicyclic) bond motifs is 6. The number of rotatable bonds is 4. The molecule has 2 heterocycles. The molecule has 0 saturated carbocycles. The fraction of sp³-hybridized carbons (Fsp3) is 0. The lowest BCUT2D eigenvalue weighted by Gasteiger charge is -2.16. The first-order chi connectivity index (χ1) is 26.8. The van der Waals surface area contributed by atoms with Crippen LogP contribution in [0, 0.1) is 0 Å². The second-order valence-corrected chi connectivity index (χ2v) is 14.5. The maximum absolute atomic E-state index is 2.44. The SMILES string of the molecule is c1ccc(-c2ccc3ccc4c(-c5ccc6c(c5)c5cc7c(cc5n6-c5ccccc5)c5ccccc5n7-c5ccccc5)ccc5ccc2c3c54)cc1. The van der Waals surface area contributed by atoms with E-state index in [1.807, 2.05) is 0 Å². The van der Waals surface area contributed by atoms with Gasteiger partial charge in [-0.25, -0.2) is 0 Å². The number of para-hydroxylation sites is 3. The molecule has 10 aromatic carbocycles. The zero-order chi connectivity index (χ0) is 35.3. The molecule has 0 amide bonds. The van der Waals surface area contributed by atoms with Crippen molar-refractivity contribution in [2.75, 3.05) is 0 Å². The third-order valence-corrected chi connectivity index (χ3v) is 11.6. The Morgan fingerprint density at radius 1 is 0.259 bits per heavy atom. The summed E-state index contributed by atoms with van der Waals surface area (Å²) in [5, 5.41) is 12.8. The van der Waals surface area contributed by atoms with Crippen LogP contribution in [0.4, 0.5) is 0 Å². The first-order valence-electron chi connectivity index (χ1n) is 18.7. The maximum atomic E-state index is 2.44. The summed E-state index contributed by atoms with van der Waals surface area (Å²) in [4.78, 5) is 0. The van der Waals surface area contributed by atoms with Gasteiger partial charge in [-0.3, -0.25) is 0 Å². The van der Waals surface area contributed by atoms with E-state index in [1.54, 1.807) is 0 Å². The molecule has 0 unspecified atom stereocenters. The third-order valence-electron chi connectivity index (χ3n) is 11.6. The Labute approximate surface area is 311 Å². The molecule has 0 spiro atoms. The molecule has 0 N–H and O–H groups in total. The molecule has 12 rings (SSSR count). The van der Waals surface area contributed by atoms with Crippen LogP contribution in [0.15, 0.2) is 194 Å². The summed E-state index contributed by atoms with van der Waals surface area (Å²) in [6.45, 7) is 0. The smallest absolute Gasteiger partial charge is 0.0548 e.